The van der Waals surface area contributed by atoms with E-state index in [1.807, 2.05) is 25.1 Å². The first kappa shape index (κ1) is 27.3. The first-order valence-corrected chi connectivity index (χ1v) is 13.6. The van der Waals surface area contributed by atoms with Crippen molar-refractivity contribution in [3.05, 3.63) is 65.7 Å². The Morgan fingerprint density at radius 2 is 1.53 bits per heavy atom. The van der Waals surface area contributed by atoms with Gasteiger partial charge in [0.15, 0.2) is 0 Å². The van der Waals surface area contributed by atoms with Crippen molar-refractivity contribution < 1.29 is 18.0 Å². The van der Waals surface area contributed by atoms with Gasteiger partial charge in [0.2, 0.25) is 5.91 Å². The van der Waals surface area contributed by atoms with Gasteiger partial charge >= 0.3 is 0 Å². The summed E-state index contributed by atoms with van der Waals surface area (Å²) < 4.78 is 27.6. The van der Waals surface area contributed by atoms with Gasteiger partial charge in [-0.25, -0.2) is 13.1 Å². The third-order valence-electron chi connectivity index (χ3n) is 5.39. The molecule has 0 atom stereocenters. The summed E-state index contributed by atoms with van der Waals surface area (Å²) in [6.07, 6.45) is 12.7. The number of hydrogen-bond acceptors (Lipinski definition) is 4. The van der Waals surface area contributed by atoms with E-state index in [0.717, 1.165) is 24.8 Å². The zero-order valence-electron chi connectivity index (χ0n) is 20.2. The standard InChI is InChI=1S/C27H36N2O4S/c1-3-5-7-8-9-11-14-22-18-20-23(21-19-22)27(31)28-24-15-12-13-16-25(24)34(32,33)29-26(30)17-10-6-4-2/h11-16,18-21H,3-10,17H2,1-2H3,(H,28,31)(H,29,30)/b14-11+. The maximum Gasteiger partial charge on any atom is 0.266 e. The van der Waals surface area contributed by atoms with E-state index in [1.165, 1.54) is 37.8 Å². The number of anilines is 1. The molecule has 2 aromatic rings. The number of rotatable bonds is 14. The molecule has 2 rings (SSSR count). The first-order valence-electron chi connectivity index (χ1n) is 12.1. The van der Waals surface area contributed by atoms with E-state index in [4.69, 9.17) is 0 Å². The summed E-state index contributed by atoms with van der Waals surface area (Å²) >= 11 is 0. The minimum Gasteiger partial charge on any atom is -0.321 e. The second kappa shape index (κ2) is 14.4. The van der Waals surface area contributed by atoms with Gasteiger partial charge in [-0.15, -0.1) is 0 Å². The maximum absolute atomic E-state index is 12.8. The zero-order chi connectivity index (χ0) is 24.8. The van der Waals surface area contributed by atoms with Crippen LogP contribution in [-0.2, 0) is 14.8 Å². The van der Waals surface area contributed by atoms with E-state index in [2.05, 4.69) is 23.0 Å². The minimum atomic E-state index is -4.10. The minimum absolute atomic E-state index is 0.123. The van der Waals surface area contributed by atoms with Crippen molar-refractivity contribution in [2.45, 2.75) is 76.5 Å². The Morgan fingerprint density at radius 1 is 0.853 bits per heavy atom. The van der Waals surface area contributed by atoms with Crippen molar-refractivity contribution in [1.82, 2.24) is 4.72 Å². The number of carbonyl (C=O) groups excluding carboxylic acids is 2. The van der Waals surface area contributed by atoms with Crippen LogP contribution in [0, 0.1) is 0 Å². The molecule has 0 aliphatic carbocycles. The Hall–Kier alpha value is -2.93. The number of para-hydroxylation sites is 1. The monoisotopic (exact) mass is 484 g/mol. The average Bonchev–Trinajstić information content (AvgIpc) is 2.82. The lowest BCUT2D eigenvalue weighted by Crippen LogP contribution is -2.31. The van der Waals surface area contributed by atoms with Gasteiger partial charge in [0.25, 0.3) is 15.9 Å². The van der Waals surface area contributed by atoms with Crippen molar-refractivity contribution in [2.75, 3.05) is 5.32 Å². The van der Waals surface area contributed by atoms with Crippen LogP contribution in [0.15, 0.2) is 59.5 Å². The summed E-state index contributed by atoms with van der Waals surface area (Å²) in [6.45, 7) is 4.20. The second-order valence-corrected chi connectivity index (χ2v) is 9.96. The SMILES string of the molecule is CCCCCC/C=C/c1ccc(C(=O)Nc2ccccc2S(=O)(=O)NC(=O)CCCCC)cc1. The first-order chi connectivity index (χ1) is 16.4. The lowest BCUT2D eigenvalue weighted by Gasteiger charge is -2.13. The Morgan fingerprint density at radius 3 is 2.24 bits per heavy atom. The Labute approximate surface area is 203 Å². The fourth-order valence-electron chi connectivity index (χ4n) is 3.44. The summed E-state index contributed by atoms with van der Waals surface area (Å²) in [7, 11) is -4.10. The summed E-state index contributed by atoms with van der Waals surface area (Å²) in [6, 6.07) is 13.2. The van der Waals surface area contributed by atoms with Crippen molar-refractivity contribution in [2.24, 2.45) is 0 Å². The van der Waals surface area contributed by atoms with Gasteiger partial charge < -0.3 is 5.32 Å². The molecule has 0 aromatic heterocycles. The van der Waals surface area contributed by atoms with Crippen LogP contribution in [0.3, 0.4) is 0 Å². The smallest absolute Gasteiger partial charge is 0.266 e. The zero-order valence-corrected chi connectivity index (χ0v) is 21.0. The number of benzene rings is 2. The molecule has 0 fully saturated rings. The molecular formula is C27H36N2O4S. The highest BCUT2D eigenvalue weighted by molar-refractivity contribution is 7.90. The molecule has 2 N–H and O–H groups in total. The molecule has 0 spiro atoms. The summed E-state index contributed by atoms with van der Waals surface area (Å²) in [5, 5.41) is 2.66. The normalized spacial score (nSPS) is 11.5. The Bertz CT molecular complexity index is 1060. The van der Waals surface area contributed by atoms with E-state index in [1.54, 1.807) is 24.3 Å². The van der Waals surface area contributed by atoms with Crippen LogP contribution in [0.1, 0.15) is 87.6 Å². The summed E-state index contributed by atoms with van der Waals surface area (Å²) in [5.41, 5.74) is 1.54. The Kier molecular flexibility index (Phi) is 11.5. The van der Waals surface area contributed by atoms with Gasteiger partial charge in [0, 0.05) is 12.0 Å². The largest absolute Gasteiger partial charge is 0.321 e. The number of allylic oxidation sites excluding steroid dienone is 1. The molecule has 2 aromatic carbocycles. The number of amides is 2. The molecule has 0 aliphatic rings. The molecule has 0 heterocycles. The number of unbranched alkanes of at least 4 members (excludes halogenated alkanes) is 6. The quantitative estimate of drug-likeness (QED) is 0.307. The van der Waals surface area contributed by atoms with Gasteiger partial charge in [-0.1, -0.05) is 82.4 Å². The van der Waals surface area contributed by atoms with Crippen LogP contribution in [0.4, 0.5) is 5.69 Å². The van der Waals surface area contributed by atoms with Crippen LogP contribution in [0.5, 0.6) is 0 Å². The number of carbonyl (C=O) groups is 2. The molecule has 0 unspecified atom stereocenters. The number of sulfonamides is 1. The van der Waals surface area contributed by atoms with Crippen LogP contribution >= 0.6 is 0 Å². The highest BCUT2D eigenvalue weighted by atomic mass is 32.2. The van der Waals surface area contributed by atoms with Gasteiger partial charge in [0.1, 0.15) is 4.90 Å². The molecule has 0 saturated heterocycles. The topological polar surface area (TPSA) is 92.3 Å². The lowest BCUT2D eigenvalue weighted by atomic mass is 10.1. The average molecular weight is 485 g/mol. The van der Waals surface area contributed by atoms with E-state index < -0.39 is 21.8 Å². The van der Waals surface area contributed by atoms with Gasteiger partial charge in [-0.2, -0.15) is 0 Å². The molecule has 0 radical (unpaired) electrons. The van der Waals surface area contributed by atoms with Crippen LogP contribution in [-0.4, -0.2) is 20.2 Å². The van der Waals surface area contributed by atoms with Crippen molar-refractivity contribution in [3.8, 4) is 0 Å². The van der Waals surface area contributed by atoms with Crippen molar-refractivity contribution in [3.63, 3.8) is 0 Å². The van der Waals surface area contributed by atoms with E-state index in [0.29, 0.717) is 12.0 Å². The predicted octanol–water partition coefficient (Wildman–Crippen LogP) is 6.31. The fraction of sp³-hybridized carbons (Fsp3) is 0.407. The van der Waals surface area contributed by atoms with E-state index >= 15 is 0 Å². The number of nitrogens with one attached hydrogen (secondary N) is 2. The maximum atomic E-state index is 12.8. The molecule has 0 saturated carbocycles. The van der Waals surface area contributed by atoms with E-state index in [-0.39, 0.29) is 17.0 Å². The van der Waals surface area contributed by atoms with Crippen LogP contribution in [0.2, 0.25) is 0 Å². The molecule has 7 heteroatoms. The van der Waals surface area contributed by atoms with Gasteiger partial charge in [-0.05, 0) is 49.1 Å². The number of hydrogen-bond donors (Lipinski definition) is 2. The van der Waals surface area contributed by atoms with Crippen LogP contribution in [0.25, 0.3) is 6.08 Å². The molecule has 34 heavy (non-hydrogen) atoms. The van der Waals surface area contributed by atoms with Gasteiger partial charge in [-0.3, -0.25) is 9.59 Å². The lowest BCUT2D eigenvalue weighted by molar-refractivity contribution is -0.119. The highest BCUT2D eigenvalue weighted by Crippen LogP contribution is 2.22. The molecule has 0 bridgehead atoms. The third kappa shape index (κ3) is 9.14. The Balaban J connectivity index is 2.02. The summed E-state index contributed by atoms with van der Waals surface area (Å²) in [4.78, 5) is 24.7. The van der Waals surface area contributed by atoms with Crippen LogP contribution < -0.4 is 10.0 Å². The molecule has 184 valence electrons. The fourth-order valence-corrected chi connectivity index (χ4v) is 4.62. The third-order valence-corrected chi connectivity index (χ3v) is 6.82. The second-order valence-electron chi connectivity index (χ2n) is 8.31. The molecule has 6 nitrogen and oxygen atoms in total. The highest BCUT2D eigenvalue weighted by Gasteiger charge is 2.22. The predicted molar refractivity (Wildman–Crippen MR) is 138 cm³/mol. The molecule has 2 amide bonds. The van der Waals surface area contributed by atoms with E-state index in [9.17, 15) is 18.0 Å². The van der Waals surface area contributed by atoms with Crippen molar-refractivity contribution in [1.29, 1.82) is 0 Å². The van der Waals surface area contributed by atoms with Gasteiger partial charge in [0.05, 0.1) is 5.69 Å². The summed E-state index contributed by atoms with van der Waals surface area (Å²) in [5.74, 6) is -0.976. The molecular weight excluding hydrogens is 448 g/mol. The van der Waals surface area contributed by atoms with Crippen molar-refractivity contribution >= 4 is 33.6 Å². The molecule has 0 aliphatic heterocycles.